The Morgan fingerprint density at radius 2 is 2.21 bits per heavy atom. The second kappa shape index (κ2) is 7.21. The summed E-state index contributed by atoms with van der Waals surface area (Å²) in [5.74, 6) is 0. The molecular formula is C11H24N2O. The van der Waals surface area contributed by atoms with Gasteiger partial charge in [-0.3, -0.25) is 0 Å². The van der Waals surface area contributed by atoms with Crippen LogP contribution in [0.1, 0.15) is 39.0 Å². The van der Waals surface area contributed by atoms with Crippen molar-refractivity contribution < 1.29 is 5.11 Å². The highest BCUT2D eigenvalue weighted by Crippen LogP contribution is 2.08. The zero-order chi connectivity index (χ0) is 10.2. The Labute approximate surface area is 87.3 Å². The molecule has 2 atom stereocenters. The van der Waals surface area contributed by atoms with Crippen molar-refractivity contribution in [1.29, 1.82) is 0 Å². The molecule has 0 aliphatic carbocycles. The quantitative estimate of drug-likeness (QED) is 0.596. The lowest BCUT2D eigenvalue weighted by atomic mass is 10.0. The third-order valence-electron chi connectivity index (χ3n) is 2.84. The lowest BCUT2D eigenvalue weighted by Gasteiger charge is -2.24. The Hall–Kier alpha value is -0.120. The molecule has 0 aromatic heterocycles. The van der Waals surface area contributed by atoms with Crippen molar-refractivity contribution in [2.75, 3.05) is 19.6 Å². The van der Waals surface area contributed by atoms with Crippen LogP contribution < -0.4 is 10.6 Å². The maximum Gasteiger partial charge on any atom is 0.0540 e. The molecule has 0 amide bonds. The summed E-state index contributed by atoms with van der Waals surface area (Å²) >= 11 is 0. The molecule has 0 spiro atoms. The van der Waals surface area contributed by atoms with Gasteiger partial charge in [0.15, 0.2) is 0 Å². The molecule has 1 saturated heterocycles. The normalized spacial score (nSPS) is 24.9. The van der Waals surface area contributed by atoms with Crippen LogP contribution in [0.2, 0.25) is 0 Å². The monoisotopic (exact) mass is 200 g/mol. The van der Waals surface area contributed by atoms with Crippen LogP contribution in [0.15, 0.2) is 0 Å². The van der Waals surface area contributed by atoms with E-state index >= 15 is 0 Å². The van der Waals surface area contributed by atoms with Gasteiger partial charge in [0.25, 0.3) is 0 Å². The van der Waals surface area contributed by atoms with Gasteiger partial charge in [-0.05, 0) is 25.7 Å². The van der Waals surface area contributed by atoms with Gasteiger partial charge in [0.2, 0.25) is 0 Å². The van der Waals surface area contributed by atoms with Gasteiger partial charge in [-0.1, -0.05) is 13.3 Å². The van der Waals surface area contributed by atoms with Gasteiger partial charge in [0.05, 0.1) is 6.10 Å². The molecule has 1 rings (SSSR count). The second-order valence-corrected chi connectivity index (χ2v) is 4.23. The number of piperazine rings is 1. The molecule has 1 aliphatic rings. The zero-order valence-electron chi connectivity index (χ0n) is 9.26. The summed E-state index contributed by atoms with van der Waals surface area (Å²) in [6.45, 7) is 5.39. The fourth-order valence-electron chi connectivity index (χ4n) is 1.99. The number of aliphatic hydroxyl groups is 1. The van der Waals surface area contributed by atoms with E-state index in [0.717, 1.165) is 45.3 Å². The van der Waals surface area contributed by atoms with Crippen molar-refractivity contribution in [3.63, 3.8) is 0 Å². The van der Waals surface area contributed by atoms with Gasteiger partial charge in [-0.25, -0.2) is 0 Å². The van der Waals surface area contributed by atoms with E-state index in [2.05, 4.69) is 17.6 Å². The van der Waals surface area contributed by atoms with E-state index in [4.69, 9.17) is 0 Å². The first kappa shape index (κ1) is 12.0. The van der Waals surface area contributed by atoms with Gasteiger partial charge >= 0.3 is 0 Å². The standard InChI is InChI=1S/C11H24N2O/c1-2-4-11(14)6-3-5-10-9-12-7-8-13-10/h10-14H,2-9H2,1H3/t10?,11-/m0/s1. The summed E-state index contributed by atoms with van der Waals surface area (Å²) in [6, 6.07) is 0.623. The molecule has 84 valence electrons. The molecule has 0 saturated carbocycles. The summed E-state index contributed by atoms with van der Waals surface area (Å²) in [4.78, 5) is 0. The van der Waals surface area contributed by atoms with Crippen molar-refractivity contribution in [3.05, 3.63) is 0 Å². The molecule has 1 heterocycles. The highest BCUT2D eigenvalue weighted by atomic mass is 16.3. The highest BCUT2D eigenvalue weighted by molar-refractivity contribution is 4.75. The molecule has 0 bridgehead atoms. The average Bonchev–Trinajstić information content (AvgIpc) is 2.20. The number of hydrogen-bond acceptors (Lipinski definition) is 3. The van der Waals surface area contributed by atoms with Crippen LogP contribution in [0.5, 0.6) is 0 Å². The number of hydrogen-bond donors (Lipinski definition) is 3. The summed E-state index contributed by atoms with van der Waals surface area (Å²) in [5.41, 5.74) is 0. The van der Waals surface area contributed by atoms with Crippen LogP contribution in [0, 0.1) is 0 Å². The maximum atomic E-state index is 9.54. The number of nitrogens with one attached hydrogen (secondary N) is 2. The molecule has 0 aromatic carbocycles. The van der Waals surface area contributed by atoms with Crippen LogP contribution in [0.3, 0.4) is 0 Å². The van der Waals surface area contributed by atoms with Crippen molar-refractivity contribution in [1.82, 2.24) is 10.6 Å². The Morgan fingerprint density at radius 1 is 1.36 bits per heavy atom. The van der Waals surface area contributed by atoms with Crippen molar-refractivity contribution in [2.24, 2.45) is 0 Å². The maximum absolute atomic E-state index is 9.54. The Bertz CT molecular complexity index is 135. The van der Waals surface area contributed by atoms with E-state index in [1.165, 1.54) is 6.42 Å². The molecule has 14 heavy (non-hydrogen) atoms. The van der Waals surface area contributed by atoms with Crippen LogP contribution in [0.25, 0.3) is 0 Å². The largest absolute Gasteiger partial charge is 0.393 e. The third kappa shape index (κ3) is 4.94. The average molecular weight is 200 g/mol. The molecule has 3 nitrogen and oxygen atoms in total. The first-order valence-corrected chi connectivity index (χ1v) is 5.95. The van der Waals surface area contributed by atoms with E-state index in [-0.39, 0.29) is 6.10 Å². The summed E-state index contributed by atoms with van der Waals surface area (Å²) in [7, 11) is 0. The van der Waals surface area contributed by atoms with Crippen molar-refractivity contribution >= 4 is 0 Å². The van der Waals surface area contributed by atoms with E-state index in [1.54, 1.807) is 0 Å². The zero-order valence-corrected chi connectivity index (χ0v) is 9.26. The molecule has 3 N–H and O–H groups in total. The minimum atomic E-state index is -0.0726. The van der Waals surface area contributed by atoms with Gasteiger partial charge in [0.1, 0.15) is 0 Å². The number of aliphatic hydroxyl groups excluding tert-OH is 1. The predicted molar refractivity (Wildman–Crippen MR) is 59.4 cm³/mol. The Morgan fingerprint density at radius 3 is 2.86 bits per heavy atom. The molecular weight excluding hydrogens is 176 g/mol. The van der Waals surface area contributed by atoms with E-state index in [0.29, 0.717) is 6.04 Å². The van der Waals surface area contributed by atoms with Crippen LogP contribution in [0.4, 0.5) is 0 Å². The highest BCUT2D eigenvalue weighted by Gasteiger charge is 2.12. The van der Waals surface area contributed by atoms with Gasteiger partial charge in [-0.15, -0.1) is 0 Å². The lowest BCUT2D eigenvalue weighted by molar-refractivity contribution is 0.148. The van der Waals surface area contributed by atoms with Gasteiger partial charge < -0.3 is 15.7 Å². The fraction of sp³-hybridized carbons (Fsp3) is 1.00. The third-order valence-corrected chi connectivity index (χ3v) is 2.84. The SMILES string of the molecule is CCC[C@H](O)CCCC1CNCCN1. The van der Waals surface area contributed by atoms with Crippen LogP contribution in [-0.2, 0) is 0 Å². The van der Waals surface area contributed by atoms with Crippen molar-refractivity contribution in [2.45, 2.75) is 51.2 Å². The molecule has 1 aliphatic heterocycles. The first-order chi connectivity index (χ1) is 6.83. The molecule has 0 radical (unpaired) electrons. The summed E-state index contributed by atoms with van der Waals surface area (Å²) < 4.78 is 0. The molecule has 1 fully saturated rings. The van der Waals surface area contributed by atoms with E-state index < -0.39 is 0 Å². The topological polar surface area (TPSA) is 44.3 Å². The molecule has 0 aromatic rings. The van der Waals surface area contributed by atoms with Crippen LogP contribution >= 0.6 is 0 Å². The summed E-state index contributed by atoms with van der Waals surface area (Å²) in [5, 5.41) is 16.4. The minimum absolute atomic E-state index is 0.0726. The first-order valence-electron chi connectivity index (χ1n) is 5.95. The van der Waals surface area contributed by atoms with E-state index in [1.807, 2.05) is 0 Å². The van der Waals surface area contributed by atoms with E-state index in [9.17, 15) is 5.11 Å². The second-order valence-electron chi connectivity index (χ2n) is 4.23. The van der Waals surface area contributed by atoms with Gasteiger partial charge in [0, 0.05) is 25.7 Å². The van der Waals surface area contributed by atoms with Crippen molar-refractivity contribution in [3.8, 4) is 0 Å². The fourth-order valence-corrected chi connectivity index (χ4v) is 1.99. The Kier molecular flexibility index (Phi) is 6.15. The van der Waals surface area contributed by atoms with Crippen LogP contribution in [-0.4, -0.2) is 36.9 Å². The molecule has 1 unspecified atom stereocenters. The molecule has 3 heteroatoms. The lowest BCUT2D eigenvalue weighted by Crippen LogP contribution is -2.48. The predicted octanol–water partition coefficient (Wildman–Crippen LogP) is 0.879. The smallest absolute Gasteiger partial charge is 0.0540 e. The number of rotatable bonds is 6. The van der Waals surface area contributed by atoms with Gasteiger partial charge in [-0.2, -0.15) is 0 Å². The summed E-state index contributed by atoms with van der Waals surface area (Å²) in [6.07, 6.45) is 5.26. The Balaban J connectivity index is 1.96. The minimum Gasteiger partial charge on any atom is -0.393 e.